The van der Waals surface area contributed by atoms with Crippen LogP contribution in [0.1, 0.15) is 36.9 Å². The number of aliphatic hydroxyl groups is 2. The Hall–Kier alpha value is -1.38. The molecule has 1 aromatic carbocycles. The number of fused-ring (bicyclic) bond motifs is 1. The monoisotopic (exact) mass is 328 g/mol. The standard InChI is InChI=1S/C20H28N2O2/c1-3-20(14-24)18-13-22(2)12-17(18)19(21-20)16-9-7-15(8-10-16)6-4-5-11-23/h7-10,17-19,21,23-24H,3,5,11-14H2,1-2H3/t17-,18+,19-,20+/m1/s1. The highest BCUT2D eigenvalue weighted by molar-refractivity contribution is 5.38. The van der Waals surface area contributed by atoms with Crippen molar-refractivity contribution in [3.63, 3.8) is 0 Å². The van der Waals surface area contributed by atoms with Gasteiger partial charge in [-0.2, -0.15) is 0 Å². The Morgan fingerprint density at radius 3 is 2.62 bits per heavy atom. The van der Waals surface area contributed by atoms with Crippen LogP contribution >= 0.6 is 0 Å². The third-order valence-corrected chi connectivity index (χ3v) is 5.78. The highest BCUT2D eigenvalue weighted by Crippen LogP contribution is 2.47. The molecule has 0 unspecified atom stereocenters. The summed E-state index contributed by atoms with van der Waals surface area (Å²) in [6.45, 7) is 4.59. The first kappa shape index (κ1) is 17.4. The van der Waals surface area contributed by atoms with Crippen molar-refractivity contribution in [2.24, 2.45) is 11.8 Å². The number of hydrogen-bond donors (Lipinski definition) is 3. The molecular formula is C20H28N2O2. The van der Waals surface area contributed by atoms with Gasteiger partial charge < -0.3 is 20.4 Å². The van der Waals surface area contributed by atoms with Gasteiger partial charge in [-0.3, -0.25) is 0 Å². The van der Waals surface area contributed by atoms with E-state index in [0.717, 1.165) is 25.1 Å². The zero-order valence-corrected chi connectivity index (χ0v) is 14.6. The maximum atomic E-state index is 10.1. The maximum Gasteiger partial charge on any atom is 0.0616 e. The quantitative estimate of drug-likeness (QED) is 0.731. The van der Waals surface area contributed by atoms with E-state index in [0.29, 0.717) is 18.3 Å². The Balaban J connectivity index is 1.83. The first-order chi connectivity index (χ1) is 11.6. The highest BCUT2D eigenvalue weighted by atomic mass is 16.3. The topological polar surface area (TPSA) is 55.7 Å². The molecule has 0 spiro atoms. The summed E-state index contributed by atoms with van der Waals surface area (Å²) in [5.74, 6) is 7.06. The number of likely N-dealkylation sites (tertiary alicyclic amines) is 1. The highest BCUT2D eigenvalue weighted by Gasteiger charge is 2.55. The molecule has 0 bridgehead atoms. The lowest BCUT2D eigenvalue weighted by Gasteiger charge is -2.33. The van der Waals surface area contributed by atoms with E-state index in [1.807, 2.05) is 0 Å². The van der Waals surface area contributed by atoms with Gasteiger partial charge in [0, 0.05) is 36.7 Å². The van der Waals surface area contributed by atoms with Gasteiger partial charge in [0.05, 0.1) is 13.2 Å². The van der Waals surface area contributed by atoms with Crippen LogP contribution in [0.4, 0.5) is 0 Å². The minimum atomic E-state index is -0.167. The lowest BCUT2D eigenvalue weighted by atomic mass is 9.79. The normalized spacial score (nSPS) is 32.4. The van der Waals surface area contributed by atoms with Crippen LogP contribution in [0.15, 0.2) is 24.3 Å². The van der Waals surface area contributed by atoms with Crippen LogP contribution in [0, 0.1) is 23.7 Å². The lowest BCUT2D eigenvalue weighted by molar-refractivity contribution is 0.126. The minimum Gasteiger partial charge on any atom is -0.395 e. The van der Waals surface area contributed by atoms with Crippen LogP contribution in [-0.4, -0.2) is 54.0 Å². The maximum absolute atomic E-state index is 10.1. The first-order valence-electron chi connectivity index (χ1n) is 8.90. The Morgan fingerprint density at radius 2 is 2.00 bits per heavy atom. The summed E-state index contributed by atoms with van der Waals surface area (Å²) in [5, 5.41) is 22.6. The fourth-order valence-corrected chi connectivity index (χ4v) is 4.44. The van der Waals surface area contributed by atoms with Crippen LogP contribution in [0.25, 0.3) is 0 Å². The fourth-order valence-electron chi connectivity index (χ4n) is 4.44. The van der Waals surface area contributed by atoms with Crippen LogP contribution in [0.2, 0.25) is 0 Å². The second-order valence-electron chi connectivity index (χ2n) is 7.18. The van der Waals surface area contributed by atoms with Crippen molar-refractivity contribution < 1.29 is 10.2 Å². The summed E-state index contributed by atoms with van der Waals surface area (Å²) in [5.41, 5.74) is 2.09. The Kier molecular flexibility index (Phi) is 5.27. The second kappa shape index (κ2) is 7.25. The molecule has 0 aliphatic carbocycles. The summed E-state index contributed by atoms with van der Waals surface area (Å²) >= 11 is 0. The Morgan fingerprint density at radius 1 is 1.25 bits per heavy atom. The number of aliphatic hydroxyl groups excluding tert-OH is 2. The van der Waals surface area contributed by atoms with Crippen LogP contribution < -0.4 is 5.32 Å². The van der Waals surface area contributed by atoms with Gasteiger partial charge in [0.25, 0.3) is 0 Å². The smallest absolute Gasteiger partial charge is 0.0616 e. The van der Waals surface area contributed by atoms with Gasteiger partial charge in [-0.05, 0) is 43.0 Å². The third-order valence-electron chi connectivity index (χ3n) is 5.78. The molecule has 3 rings (SSSR count). The van der Waals surface area contributed by atoms with E-state index in [4.69, 9.17) is 5.11 Å². The van der Waals surface area contributed by atoms with Crippen LogP contribution in [-0.2, 0) is 0 Å². The van der Waals surface area contributed by atoms with E-state index in [2.05, 4.69) is 60.3 Å². The van der Waals surface area contributed by atoms with E-state index in [9.17, 15) is 5.11 Å². The molecule has 4 heteroatoms. The average Bonchev–Trinajstić information content (AvgIpc) is 3.12. The molecule has 3 N–H and O–H groups in total. The molecule has 24 heavy (non-hydrogen) atoms. The molecule has 0 amide bonds. The van der Waals surface area contributed by atoms with Crippen molar-refractivity contribution in [3.05, 3.63) is 35.4 Å². The first-order valence-corrected chi connectivity index (χ1v) is 8.90. The molecule has 2 fully saturated rings. The van der Waals surface area contributed by atoms with Gasteiger partial charge in [0.15, 0.2) is 0 Å². The predicted molar refractivity (Wildman–Crippen MR) is 95.5 cm³/mol. The fraction of sp³-hybridized carbons (Fsp3) is 0.600. The Labute approximate surface area is 144 Å². The van der Waals surface area contributed by atoms with E-state index in [1.165, 1.54) is 5.56 Å². The van der Waals surface area contributed by atoms with E-state index >= 15 is 0 Å². The summed E-state index contributed by atoms with van der Waals surface area (Å²) in [7, 11) is 2.17. The van der Waals surface area contributed by atoms with E-state index in [-0.39, 0.29) is 24.8 Å². The van der Waals surface area contributed by atoms with Crippen LogP contribution in [0.5, 0.6) is 0 Å². The predicted octanol–water partition coefficient (Wildman–Crippen LogP) is 1.38. The molecule has 2 saturated heterocycles. The zero-order chi connectivity index (χ0) is 17.2. The minimum absolute atomic E-state index is 0.105. The molecule has 0 aromatic heterocycles. The molecule has 2 heterocycles. The molecule has 4 atom stereocenters. The summed E-state index contributed by atoms with van der Waals surface area (Å²) < 4.78 is 0. The number of benzene rings is 1. The van der Waals surface area contributed by atoms with Gasteiger partial charge in [0.2, 0.25) is 0 Å². The van der Waals surface area contributed by atoms with Crippen molar-refractivity contribution in [1.29, 1.82) is 0 Å². The molecule has 1 aromatic rings. The average molecular weight is 328 g/mol. The second-order valence-corrected chi connectivity index (χ2v) is 7.18. The van der Waals surface area contributed by atoms with Crippen molar-refractivity contribution in [2.45, 2.75) is 31.3 Å². The molecule has 130 valence electrons. The van der Waals surface area contributed by atoms with Crippen molar-refractivity contribution in [2.75, 3.05) is 33.4 Å². The molecule has 2 aliphatic heterocycles. The van der Waals surface area contributed by atoms with E-state index < -0.39 is 0 Å². The molecular weight excluding hydrogens is 300 g/mol. The lowest BCUT2D eigenvalue weighted by Crippen LogP contribution is -2.50. The van der Waals surface area contributed by atoms with Gasteiger partial charge in [0.1, 0.15) is 0 Å². The van der Waals surface area contributed by atoms with Crippen LogP contribution in [0.3, 0.4) is 0 Å². The van der Waals surface area contributed by atoms with E-state index in [1.54, 1.807) is 0 Å². The van der Waals surface area contributed by atoms with Crippen molar-refractivity contribution in [3.8, 4) is 11.8 Å². The molecule has 0 saturated carbocycles. The summed E-state index contributed by atoms with van der Waals surface area (Å²) in [6.07, 6.45) is 1.46. The molecule has 4 nitrogen and oxygen atoms in total. The Bertz CT molecular complexity index is 613. The number of nitrogens with zero attached hydrogens (tertiary/aromatic N) is 1. The summed E-state index contributed by atoms with van der Waals surface area (Å²) in [4.78, 5) is 2.39. The number of nitrogens with one attached hydrogen (secondary N) is 1. The van der Waals surface area contributed by atoms with Gasteiger partial charge in [-0.25, -0.2) is 0 Å². The van der Waals surface area contributed by atoms with Crippen molar-refractivity contribution >= 4 is 0 Å². The third kappa shape index (κ3) is 3.10. The van der Waals surface area contributed by atoms with Gasteiger partial charge in [-0.15, -0.1) is 0 Å². The largest absolute Gasteiger partial charge is 0.395 e. The van der Waals surface area contributed by atoms with Gasteiger partial charge in [-0.1, -0.05) is 30.9 Å². The SMILES string of the molecule is CC[C@@]1(CO)N[C@H](c2ccc(C#CCCO)cc2)[C@@H]2CN(C)C[C@@H]21. The van der Waals surface area contributed by atoms with Crippen molar-refractivity contribution in [1.82, 2.24) is 10.2 Å². The number of rotatable bonds is 4. The summed E-state index contributed by atoms with van der Waals surface area (Å²) in [6, 6.07) is 8.70. The number of hydrogen-bond acceptors (Lipinski definition) is 4. The van der Waals surface area contributed by atoms with Gasteiger partial charge >= 0.3 is 0 Å². The molecule has 2 aliphatic rings. The zero-order valence-electron chi connectivity index (χ0n) is 14.6. The molecule has 0 radical (unpaired) electrons.